The van der Waals surface area contributed by atoms with Crippen LogP contribution in [0, 0.1) is 6.92 Å². The maximum Gasteiger partial charge on any atom is 0.268 e. The minimum atomic E-state index is -3.57. The molecule has 0 bridgehead atoms. The van der Waals surface area contributed by atoms with Crippen molar-refractivity contribution in [2.45, 2.75) is 18.2 Å². The molecular weight excluding hydrogens is 409 g/mol. The highest BCUT2D eigenvalue weighted by Gasteiger charge is 2.20. The van der Waals surface area contributed by atoms with Gasteiger partial charge in [0.25, 0.3) is 10.0 Å². The van der Waals surface area contributed by atoms with E-state index in [0.29, 0.717) is 4.90 Å². The standard InChI is InChI=1S/C17H16INO2S/c1-13-6-8-15(9-7-13)22(20,21)19-12-14(10-11-18)16-4-2-3-5-17(16)19/h2-9,12H,10-11H2,1H3. The number of hydrogen-bond donors (Lipinski definition) is 0. The molecule has 0 aliphatic carbocycles. The summed E-state index contributed by atoms with van der Waals surface area (Å²) < 4.78 is 28.2. The number of para-hydroxylation sites is 1. The van der Waals surface area contributed by atoms with Gasteiger partial charge in [0.05, 0.1) is 10.4 Å². The number of hydrogen-bond acceptors (Lipinski definition) is 2. The topological polar surface area (TPSA) is 39.1 Å². The minimum absolute atomic E-state index is 0.319. The molecule has 0 unspecified atom stereocenters. The lowest BCUT2D eigenvalue weighted by molar-refractivity contribution is 0.589. The normalized spacial score (nSPS) is 11.9. The maximum atomic E-state index is 12.9. The van der Waals surface area contributed by atoms with Gasteiger partial charge in [-0.05, 0) is 37.1 Å². The molecule has 2 aromatic carbocycles. The fourth-order valence-electron chi connectivity index (χ4n) is 2.54. The average Bonchev–Trinajstić information content (AvgIpc) is 2.88. The number of benzene rings is 2. The molecule has 0 fully saturated rings. The van der Waals surface area contributed by atoms with Crippen LogP contribution in [-0.2, 0) is 16.4 Å². The number of fused-ring (bicyclic) bond motifs is 1. The zero-order chi connectivity index (χ0) is 15.7. The van der Waals surface area contributed by atoms with Crippen LogP contribution in [0.5, 0.6) is 0 Å². The van der Waals surface area contributed by atoms with E-state index in [1.165, 1.54) is 3.97 Å². The zero-order valence-corrected chi connectivity index (χ0v) is 15.1. The van der Waals surface area contributed by atoms with Crippen molar-refractivity contribution in [3.8, 4) is 0 Å². The van der Waals surface area contributed by atoms with Gasteiger partial charge in [-0.2, -0.15) is 0 Å². The van der Waals surface area contributed by atoms with Gasteiger partial charge in [0, 0.05) is 16.0 Å². The second kappa shape index (κ2) is 6.04. The van der Waals surface area contributed by atoms with Gasteiger partial charge in [-0.3, -0.25) is 0 Å². The number of nitrogens with zero attached hydrogens (tertiary/aromatic N) is 1. The van der Waals surface area contributed by atoms with E-state index in [9.17, 15) is 8.42 Å². The summed E-state index contributed by atoms with van der Waals surface area (Å²) in [6, 6.07) is 14.6. The first-order valence-corrected chi connectivity index (χ1v) is 9.98. The van der Waals surface area contributed by atoms with Crippen LogP contribution in [0.4, 0.5) is 0 Å². The summed E-state index contributed by atoms with van der Waals surface area (Å²) in [6.45, 7) is 1.94. The molecule has 3 nitrogen and oxygen atoms in total. The van der Waals surface area contributed by atoms with E-state index in [4.69, 9.17) is 0 Å². The third-order valence-electron chi connectivity index (χ3n) is 3.70. The van der Waals surface area contributed by atoms with Gasteiger partial charge >= 0.3 is 0 Å². The van der Waals surface area contributed by atoms with E-state index in [1.54, 1.807) is 18.3 Å². The Hall–Kier alpha value is -1.34. The van der Waals surface area contributed by atoms with Crippen LogP contribution in [0.3, 0.4) is 0 Å². The molecule has 3 rings (SSSR count). The third kappa shape index (κ3) is 2.67. The van der Waals surface area contributed by atoms with E-state index in [1.807, 2.05) is 43.3 Å². The van der Waals surface area contributed by atoms with E-state index >= 15 is 0 Å². The molecule has 5 heteroatoms. The van der Waals surface area contributed by atoms with Crippen LogP contribution < -0.4 is 0 Å². The summed E-state index contributed by atoms with van der Waals surface area (Å²) in [7, 11) is -3.57. The van der Waals surface area contributed by atoms with Crippen molar-refractivity contribution in [2.75, 3.05) is 4.43 Å². The van der Waals surface area contributed by atoms with E-state index in [-0.39, 0.29) is 0 Å². The minimum Gasteiger partial charge on any atom is -0.241 e. The van der Waals surface area contributed by atoms with Crippen molar-refractivity contribution < 1.29 is 8.42 Å². The first-order valence-electron chi connectivity index (χ1n) is 7.01. The molecule has 1 heterocycles. The Morgan fingerprint density at radius 1 is 1.05 bits per heavy atom. The van der Waals surface area contributed by atoms with Gasteiger partial charge in [0.15, 0.2) is 0 Å². The molecule has 0 N–H and O–H groups in total. The first-order chi connectivity index (χ1) is 10.5. The molecule has 0 amide bonds. The van der Waals surface area contributed by atoms with Crippen LogP contribution in [0.15, 0.2) is 59.6 Å². The van der Waals surface area contributed by atoms with Crippen molar-refractivity contribution in [3.63, 3.8) is 0 Å². The lowest BCUT2D eigenvalue weighted by Crippen LogP contribution is -2.11. The highest BCUT2D eigenvalue weighted by atomic mass is 127. The quantitative estimate of drug-likeness (QED) is 0.465. The Morgan fingerprint density at radius 2 is 1.73 bits per heavy atom. The Balaban J connectivity index is 2.23. The molecule has 0 aliphatic rings. The number of rotatable bonds is 4. The van der Waals surface area contributed by atoms with Gasteiger partial charge < -0.3 is 0 Å². The number of aromatic nitrogens is 1. The summed E-state index contributed by atoms with van der Waals surface area (Å²) in [4.78, 5) is 0.319. The molecule has 3 aromatic rings. The van der Waals surface area contributed by atoms with Crippen molar-refractivity contribution in [1.82, 2.24) is 3.97 Å². The Morgan fingerprint density at radius 3 is 2.41 bits per heavy atom. The predicted molar refractivity (Wildman–Crippen MR) is 98.3 cm³/mol. The Labute approximate surface area is 144 Å². The summed E-state index contributed by atoms with van der Waals surface area (Å²) in [6.07, 6.45) is 2.62. The second-order valence-electron chi connectivity index (χ2n) is 5.22. The Kier molecular flexibility index (Phi) is 4.27. The zero-order valence-electron chi connectivity index (χ0n) is 12.2. The summed E-state index contributed by atoms with van der Waals surface area (Å²) >= 11 is 2.31. The lowest BCUT2D eigenvalue weighted by atomic mass is 10.1. The van der Waals surface area contributed by atoms with Crippen LogP contribution in [0.2, 0.25) is 0 Å². The highest BCUT2D eigenvalue weighted by molar-refractivity contribution is 14.1. The molecule has 0 radical (unpaired) electrons. The van der Waals surface area contributed by atoms with Gasteiger partial charge in [-0.25, -0.2) is 12.4 Å². The van der Waals surface area contributed by atoms with Crippen LogP contribution in [-0.4, -0.2) is 16.8 Å². The smallest absolute Gasteiger partial charge is 0.241 e. The van der Waals surface area contributed by atoms with Crippen molar-refractivity contribution in [2.24, 2.45) is 0 Å². The fraction of sp³-hybridized carbons (Fsp3) is 0.176. The Bertz CT molecular complexity index is 911. The molecule has 0 spiro atoms. The SMILES string of the molecule is Cc1ccc(S(=O)(=O)n2cc(CCI)c3ccccc32)cc1. The van der Waals surface area contributed by atoms with Gasteiger partial charge in [-0.1, -0.05) is 58.5 Å². The molecule has 0 saturated carbocycles. The van der Waals surface area contributed by atoms with Crippen molar-refractivity contribution in [3.05, 3.63) is 65.9 Å². The molecule has 0 aliphatic heterocycles. The lowest BCUT2D eigenvalue weighted by Gasteiger charge is -2.07. The molecule has 22 heavy (non-hydrogen) atoms. The fourth-order valence-corrected chi connectivity index (χ4v) is 4.51. The maximum absolute atomic E-state index is 12.9. The molecule has 0 atom stereocenters. The van der Waals surface area contributed by atoms with Crippen LogP contribution >= 0.6 is 22.6 Å². The molecule has 1 aromatic heterocycles. The van der Waals surface area contributed by atoms with Gasteiger partial charge in [-0.15, -0.1) is 0 Å². The van der Waals surface area contributed by atoms with Gasteiger partial charge in [0.1, 0.15) is 0 Å². The van der Waals surface area contributed by atoms with Crippen LogP contribution in [0.25, 0.3) is 10.9 Å². The second-order valence-corrected chi connectivity index (χ2v) is 8.12. The van der Waals surface area contributed by atoms with E-state index in [2.05, 4.69) is 22.6 Å². The monoisotopic (exact) mass is 425 g/mol. The van der Waals surface area contributed by atoms with E-state index < -0.39 is 10.0 Å². The van der Waals surface area contributed by atoms with E-state index in [0.717, 1.165) is 32.9 Å². The highest BCUT2D eigenvalue weighted by Crippen LogP contribution is 2.26. The largest absolute Gasteiger partial charge is 0.268 e. The first kappa shape index (κ1) is 15.6. The van der Waals surface area contributed by atoms with Crippen molar-refractivity contribution in [1.29, 1.82) is 0 Å². The number of halogens is 1. The summed E-state index contributed by atoms with van der Waals surface area (Å²) in [5, 5.41) is 1.01. The summed E-state index contributed by atoms with van der Waals surface area (Å²) in [5.74, 6) is 0. The average molecular weight is 425 g/mol. The van der Waals surface area contributed by atoms with Crippen molar-refractivity contribution >= 4 is 43.5 Å². The number of alkyl halides is 1. The number of aryl methyl sites for hydroxylation is 2. The predicted octanol–water partition coefficient (Wildman–Crippen LogP) is 4.16. The molecular formula is C17H16INO2S. The molecule has 114 valence electrons. The van der Waals surface area contributed by atoms with Crippen LogP contribution in [0.1, 0.15) is 11.1 Å². The van der Waals surface area contributed by atoms with Gasteiger partial charge in [0.2, 0.25) is 0 Å². The third-order valence-corrected chi connectivity index (χ3v) is 5.93. The summed E-state index contributed by atoms with van der Waals surface area (Å²) in [5.41, 5.74) is 2.85. The molecule has 0 saturated heterocycles.